The maximum atomic E-state index is 12.3. The first-order valence-electron chi connectivity index (χ1n) is 7.78. The van der Waals surface area contributed by atoms with Crippen molar-refractivity contribution in [1.29, 1.82) is 0 Å². The Kier molecular flexibility index (Phi) is 4.82. The summed E-state index contributed by atoms with van der Waals surface area (Å²) in [6, 6.07) is 5.76. The first kappa shape index (κ1) is 18.4. The highest BCUT2D eigenvalue weighted by molar-refractivity contribution is 6.31. The van der Waals surface area contributed by atoms with E-state index >= 15 is 0 Å². The first-order chi connectivity index (χ1) is 12.8. The lowest BCUT2D eigenvalue weighted by atomic mass is 10.3. The summed E-state index contributed by atoms with van der Waals surface area (Å²) in [5.41, 5.74) is 0.917. The number of hydrogen-bond acceptors (Lipinski definition) is 6. The molecule has 2 aromatic heterocycles. The summed E-state index contributed by atoms with van der Waals surface area (Å²) < 4.78 is 2.86. The van der Waals surface area contributed by atoms with Gasteiger partial charge in [-0.2, -0.15) is 10.2 Å². The standard InChI is InChI=1S/C16H15ClN6O4/c1-9-15(23(26)27)10(2)22(19-9)8-21-6-5-12(20-21)16(25)18-13-7-11(17)3-4-14(13)24/h3-7,24H,8H2,1-2H3,(H,18,25). The lowest BCUT2D eigenvalue weighted by molar-refractivity contribution is -0.386. The van der Waals surface area contributed by atoms with Crippen LogP contribution in [0.25, 0.3) is 0 Å². The molecular weight excluding hydrogens is 376 g/mol. The maximum absolute atomic E-state index is 12.3. The lowest BCUT2D eigenvalue weighted by Gasteiger charge is -2.06. The Morgan fingerprint density at radius 1 is 1.33 bits per heavy atom. The number of nitrogens with zero attached hydrogens (tertiary/aromatic N) is 5. The van der Waals surface area contributed by atoms with Crippen molar-refractivity contribution in [3.63, 3.8) is 0 Å². The quantitative estimate of drug-likeness (QED) is 0.391. The summed E-state index contributed by atoms with van der Waals surface area (Å²) >= 11 is 5.85. The van der Waals surface area contributed by atoms with Crippen LogP contribution in [0.4, 0.5) is 11.4 Å². The number of phenolic OH excluding ortho intramolecular Hbond substituents is 1. The fourth-order valence-corrected chi connectivity index (χ4v) is 2.76. The van der Waals surface area contributed by atoms with Gasteiger partial charge in [0, 0.05) is 11.2 Å². The Morgan fingerprint density at radius 2 is 2.07 bits per heavy atom. The normalized spacial score (nSPS) is 10.8. The molecule has 27 heavy (non-hydrogen) atoms. The molecule has 1 amide bonds. The molecule has 3 rings (SSSR count). The van der Waals surface area contributed by atoms with E-state index in [1.807, 2.05) is 0 Å². The van der Waals surface area contributed by atoms with Crippen molar-refractivity contribution in [2.24, 2.45) is 0 Å². The second-order valence-electron chi connectivity index (χ2n) is 5.77. The molecule has 0 saturated carbocycles. The highest BCUT2D eigenvalue weighted by Crippen LogP contribution is 2.27. The van der Waals surface area contributed by atoms with Gasteiger partial charge >= 0.3 is 5.69 Å². The van der Waals surface area contributed by atoms with Crippen LogP contribution in [-0.4, -0.2) is 35.5 Å². The maximum Gasteiger partial charge on any atom is 0.312 e. The number of aryl methyl sites for hydroxylation is 1. The van der Waals surface area contributed by atoms with Crippen LogP contribution in [-0.2, 0) is 6.67 Å². The van der Waals surface area contributed by atoms with Gasteiger partial charge in [0.15, 0.2) is 5.69 Å². The predicted molar refractivity (Wildman–Crippen MR) is 97.1 cm³/mol. The average molecular weight is 391 g/mol. The van der Waals surface area contributed by atoms with E-state index < -0.39 is 10.8 Å². The van der Waals surface area contributed by atoms with Crippen molar-refractivity contribution >= 4 is 28.9 Å². The summed E-state index contributed by atoms with van der Waals surface area (Å²) in [7, 11) is 0. The summed E-state index contributed by atoms with van der Waals surface area (Å²) in [5.74, 6) is -0.659. The van der Waals surface area contributed by atoms with Gasteiger partial charge in [0.2, 0.25) is 0 Å². The molecule has 0 spiro atoms. The molecule has 11 heteroatoms. The number of hydrogen-bond donors (Lipinski definition) is 2. The third-order valence-electron chi connectivity index (χ3n) is 3.88. The summed E-state index contributed by atoms with van der Waals surface area (Å²) in [4.78, 5) is 22.9. The molecule has 2 N–H and O–H groups in total. The van der Waals surface area contributed by atoms with Crippen molar-refractivity contribution in [3.05, 3.63) is 62.7 Å². The van der Waals surface area contributed by atoms with Crippen LogP contribution in [0.5, 0.6) is 5.75 Å². The second kappa shape index (κ2) is 7.08. The van der Waals surface area contributed by atoms with Gasteiger partial charge in [0.1, 0.15) is 23.8 Å². The minimum absolute atomic E-state index is 0.0449. The number of aromatic nitrogens is 4. The van der Waals surface area contributed by atoms with E-state index in [4.69, 9.17) is 11.6 Å². The van der Waals surface area contributed by atoms with E-state index in [0.29, 0.717) is 16.4 Å². The zero-order chi connectivity index (χ0) is 19.7. The Hall–Kier alpha value is -3.40. The van der Waals surface area contributed by atoms with E-state index in [1.54, 1.807) is 20.0 Å². The van der Waals surface area contributed by atoms with Crippen LogP contribution >= 0.6 is 11.6 Å². The third kappa shape index (κ3) is 3.75. The zero-order valence-electron chi connectivity index (χ0n) is 14.4. The van der Waals surface area contributed by atoms with Gasteiger partial charge in [0.05, 0.1) is 10.6 Å². The number of anilines is 1. The molecule has 0 aliphatic rings. The molecule has 2 heterocycles. The van der Waals surface area contributed by atoms with Crippen molar-refractivity contribution in [2.45, 2.75) is 20.5 Å². The van der Waals surface area contributed by atoms with Crippen LogP contribution in [0.1, 0.15) is 21.9 Å². The van der Waals surface area contributed by atoms with Gasteiger partial charge in [0.25, 0.3) is 5.91 Å². The van der Waals surface area contributed by atoms with Crippen LogP contribution in [0.15, 0.2) is 30.5 Å². The largest absolute Gasteiger partial charge is 0.506 e. The van der Waals surface area contributed by atoms with Gasteiger partial charge in [-0.25, -0.2) is 4.68 Å². The average Bonchev–Trinajstić information content (AvgIpc) is 3.16. The van der Waals surface area contributed by atoms with E-state index in [-0.39, 0.29) is 29.5 Å². The smallest absolute Gasteiger partial charge is 0.312 e. The van der Waals surface area contributed by atoms with Crippen LogP contribution in [0.3, 0.4) is 0 Å². The number of amides is 1. The van der Waals surface area contributed by atoms with Gasteiger partial charge in [-0.05, 0) is 38.1 Å². The number of halogens is 1. The zero-order valence-corrected chi connectivity index (χ0v) is 15.1. The number of phenols is 1. The molecule has 140 valence electrons. The fraction of sp³-hybridized carbons (Fsp3) is 0.188. The van der Waals surface area contributed by atoms with Crippen LogP contribution < -0.4 is 5.32 Å². The second-order valence-corrected chi connectivity index (χ2v) is 6.21. The SMILES string of the molecule is Cc1nn(Cn2ccc(C(=O)Nc3cc(Cl)ccc3O)n2)c(C)c1[N+](=O)[O-]. The number of benzene rings is 1. The van der Waals surface area contributed by atoms with Crippen LogP contribution in [0.2, 0.25) is 5.02 Å². The van der Waals surface area contributed by atoms with Crippen molar-refractivity contribution in [1.82, 2.24) is 19.6 Å². The van der Waals surface area contributed by atoms with E-state index in [1.165, 1.54) is 33.6 Å². The monoisotopic (exact) mass is 390 g/mol. The Labute approximate surface area is 158 Å². The van der Waals surface area contributed by atoms with Gasteiger partial charge in [-0.3, -0.25) is 19.6 Å². The highest BCUT2D eigenvalue weighted by Gasteiger charge is 2.22. The topological polar surface area (TPSA) is 128 Å². The molecule has 0 aliphatic heterocycles. The van der Waals surface area contributed by atoms with Crippen molar-refractivity contribution in [2.75, 3.05) is 5.32 Å². The van der Waals surface area contributed by atoms with E-state index in [2.05, 4.69) is 15.5 Å². The summed E-state index contributed by atoms with van der Waals surface area (Å²) in [6.07, 6.45) is 1.55. The summed E-state index contributed by atoms with van der Waals surface area (Å²) in [6.45, 7) is 3.26. The number of nitro groups is 1. The molecule has 0 fully saturated rings. The molecular formula is C16H15ClN6O4. The molecule has 0 radical (unpaired) electrons. The molecule has 0 bridgehead atoms. The molecule has 0 aliphatic carbocycles. The van der Waals surface area contributed by atoms with Gasteiger partial charge in [-0.15, -0.1) is 0 Å². The van der Waals surface area contributed by atoms with Gasteiger partial charge in [-0.1, -0.05) is 11.6 Å². The molecule has 1 aromatic carbocycles. The molecule has 10 nitrogen and oxygen atoms in total. The van der Waals surface area contributed by atoms with E-state index in [0.717, 1.165) is 0 Å². The molecule has 0 unspecified atom stereocenters. The van der Waals surface area contributed by atoms with Crippen molar-refractivity contribution < 1.29 is 14.8 Å². The Balaban J connectivity index is 1.77. The lowest BCUT2D eigenvalue weighted by Crippen LogP contribution is -2.15. The van der Waals surface area contributed by atoms with Crippen molar-refractivity contribution in [3.8, 4) is 5.75 Å². The summed E-state index contributed by atoms with van der Waals surface area (Å²) in [5, 5.41) is 32.0. The third-order valence-corrected chi connectivity index (χ3v) is 4.12. The number of nitrogens with one attached hydrogen (secondary N) is 1. The minimum Gasteiger partial charge on any atom is -0.506 e. The van der Waals surface area contributed by atoms with Gasteiger partial charge < -0.3 is 10.4 Å². The number of aromatic hydroxyl groups is 1. The highest BCUT2D eigenvalue weighted by atomic mass is 35.5. The Morgan fingerprint density at radius 3 is 2.74 bits per heavy atom. The molecule has 0 atom stereocenters. The molecule has 0 saturated heterocycles. The van der Waals surface area contributed by atoms with Crippen LogP contribution in [0, 0.1) is 24.0 Å². The molecule has 3 aromatic rings. The predicted octanol–water partition coefficient (Wildman–Crippen LogP) is 2.72. The number of rotatable bonds is 5. The van der Waals surface area contributed by atoms with E-state index in [9.17, 15) is 20.0 Å². The first-order valence-corrected chi connectivity index (χ1v) is 8.15. The number of carbonyl (C=O) groups excluding carboxylic acids is 1. The Bertz CT molecular complexity index is 1040. The minimum atomic E-state index is -0.536. The fourth-order valence-electron chi connectivity index (χ4n) is 2.58. The number of carbonyl (C=O) groups is 1.